The van der Waals surface area contributed by atoms with Crippen LogP contribution in [0.3, 0.4) is 0 Å². The maximum Gasteiger partial charge on any atom is 0.296 e. The molecule has 0 atom stereocenters. The lowest BCUT2D eigenvalue weighted by Gasteiger charge is -2.20. The second kappa shape index (κ2) is 13.4. The number of benzene rings is 3. The molecule has 2 aliphatic heterocycles. The smallest absolute Gasteiger partial charge is 0.283 e. The van der Waals surface area contributed by atoms with Crippen LogP contribution < -0.4 is 10.5 Å². The number of hydrogen-bond acceptors (Lipinski definition) is 7. The van der Waals surface area contributed by atoms with Crippen LogP contribution >= 0.6 is 24.0 Å². The first-order valence-electron chi connectivity index (χ1n) is 16.0. The molecule has 3 aromatic carbocycles. The summed E-state index contributed by atoms with van der Waals surface area (Å²) >= 11 is 6.81. The molecule has 2 aromatic heterocycles. The van der Waals surface area contributed by atoms with E-state index >= 15 is 0 Å². The monoisotopic (exact) mass is 710 g/mol. The topological polar surface area (TPSA) is 102 Å². The Morgan fingerprint density at radius 3 is 2.18 bits per heavy atom. The second-order valence-electron chi connectivity index (χ2n) is 12.0. The normalized spacial score (nSPS) is 16.9. The van der Waals surface area contributed by atoms with E-state index in [0.29, 0.717) is 46.2 Å². The summed E-state index contributed by atoms with van der Waals surface area (Å²) in [6.07, 6.45) is 7.24. The molecule has 49 heavy (non-hydrogen) atoms. The molecule has 2 saturated heterocycles. The molecular formula is C36H34N6O4S3. The average molecular weight is 711 g/mol. The number of rotatable bonds is 7. The summed E-state index contributed by atoms with van der Waals surface area (Å²) in [5.41, 5.74) is 3.59. The Balaban J connectivity index is 1.30. The highest BCUT2D eigenvalue weighted by Crippen LogP contribution is 2.38. The van der Waals surface area contributed by atoms with Crippen molar-refractivity contribution < 1.29 is 13.2 Å². The third kappa shape index (κ3) is 6.12. The zero-order valence-corrected chi connectivity index (χ0v) is 29.5. The van der Waals surface area contributed by atoms with Crippen LogP contribution in [0.2, 0.25) is 0 Å². The minimum atomic E-state index is -3.71. The van der Waals surface area contributed by atoms with Gasteiger partial charge in [-0.25, -0.2) is 17.8 Å². The van der Waals surface area contributed by atoms with Crippen LogP contribution in [0.25, 0.3) is 28.7 Å². The third-order valence-corrected chi connectivity index (χ3v) is 12.1. The van der Waals surface area contributed by atoms with Gasteiger partial charge in [-0.2, -0.15) is 9.40 Å². The molecule has 10 nitrogen and oxygen atoms in total. The van der Waals surface area contributed by atoms with Crippen LogP contribution in [-0.2, 0) is 21.9 Å². The van der Waals surface area contributed by atoms with Crippen LogP contribution in [-0.4, -0.2) is 55.2 Å². The standard InChI is InChI=1S/C36H34N6O4S3/c1-25-33(35(44)42(38(25)2)29-17-9-6-10-18-29)41-34(43)31(48-36(41)47)23-27-24-40(28-15-7-5-8-16-28)37-32(27)26-14-13-19-30(22-26)49(45,46)39-20-11-3-4-12-21-39/h5-10,13-19,22-24H,3-4,11-12,20-21H2,1-2H3/b31-23-. The van der Waals surface area contributed by atoms with Gasteiger partial charge in [-0.1, -0.05) is 85.4 Å². The highest BCUT2D eigenvalue weighted by atomic mass is 32.2. The van der Waals surface area contributed by atoms with Gasteiger partial charge in [-0.15, -0.1) is 0 Å². The number of carbonyl (C=O) groups is 1. The molecule has 4 heterocycles. The summed E-state index contributed by atoms with van der Waals surface area (Å²) in [5.74, 6) is -0.420. The molecule has 0 unspecified atom stereocenters. The van der Waals surface area contributed by atoms with Crippen LogP contribution in [0.15, 0.2) is 106 Å². The molecule has 2 aliphatic rings. The van der Waals surface area contributed by atoms with Gasteiger partial charge in [0.05, 0.1) is 26.9 Å². The molecule has 0 saturated carbocycles. The van der Waals surface area contributed by atoms with Crippen LogP contribution in [0, 0.1) is 6.92 Å². The van der Waals surface area contributed by atoms with E-state index in [0.717, 1.165) is 43.1 Å². The lowest BCUT2D eigenvalue weighted by atomic mass is 10.1. The summed E-state index contributed by atoms with van der Waals surface area (Å²) in [6, 6.07) is 25.6. The Labute approximate surface area is 294 Å². The largest absolute Gasteiger partial charge is 0.296 e. The Morgan fingerprint density at radius 1 is 0.857 bits per heavy atom. The van der Waals surface area contributed by atoms with Crippen molar-refractivity contribution in [2.45, 2.75) is 37.5 Å². The summed E-state index contributed by atoms with van der Waals surface area (Å²) in [4.78, 5) is 29.7. The Kier molecular flexibility index (Phi) is 9.01. The van der Waals surface area contributed by atoms with Gasteiger partial charge in [0.15, 0.2) is 4.32 Å². The lowest BCUT2D eigenvalue weighted by Crippen LogP contribution is -2.33. The first-order valence-corrected chi connectivity index (χ1v) is 18.7. The van der Waals surface area contributed by atoms with Gasteiger partial charge in [0, 0.05) is 37.5 Å². The summed E-state index contributed by atoms with van der Waals surface area (Å²) in [6.45, 7) is 2.78. The van der Waals surface area contributed by atoms with E-state index in [1.54, 1.807) is 51.9 Å². The summed E-state index contributed by atoms with van der Waals surface area (Å²) < 4.78 is 34.2. The number of nitrogens with zero attached hydrogens (tertiary/aromatic N) is 6. The number of sulfonamides is 1. The van der Waals surface area contributed by atoms with Crippen molar-refractivity contribution >= 4 is 56.0 Å². The van der Waals surface area contributed by atoms with Gasteiger partial charge in [-0.05, 0) is 62.2 Å². The predicted molar refractivity (Wildman–Crippen MR) is 198 cm³/mol. The highest BCUT2D eigenvalue weighted by Gasteiger charge is 2.38. The van der Waals surface area contributed by atoms with E-state index in [9.17, 15) is 18.0 Å². The number of aromatic nitrogens is 4. The van der Waals surface area contributed by atoms with Crippen molar-refractivity contribution in [3.63, 3.8) is 0 Å². The molecule has 0 aliphatic carbocycles. The van der Waals surface area contributed by atoms with E-state index in [1.165, 1.54) is 9.58 Å². The molecule has 0 radical (unpaired) electrons. The van der Waals surface area contributed by atoms with E-state index in [1.807, 2.05) is 72.9 Å². The van der Waals surface area contributed by atoms with Crippen molar-refractivity contribution in [1.29, 1.82) is 0 Å². The fourth-order valence-corrected chi connectivity index (χ4v) is 9.10. The zero-order valence-electron chi connectivity index (χ0n) is 27.0. The molecule has 1 amide bonds. The van der Waals surface area contributed by atoms with E-state index in [-0.39, 0.29) is 20.5 Å². The van der Waals surface area contributed by atoms with Crippen molar-refractivity contribution in [3.05, 3.63) is 118 Å². The minimum absolute atomic E-state index is 0.198. The molecular weight excluding hydrogens is 677 g/mol. The molecule has 0 N–H and O–H groups in total. The summed E-state index contributed by atoms with van der Waals surface area (Å²) in [7, 11) is -1.94. The van der Waals surface area contributed by atoms with Crippen LogP contribution in [0.5, 0.6) is 0 Å². The lowest BCUT2D eigenvalue weighted by molar-refractivity contribution is -0.113. The van der Waals surface area contributed by atoms with Gasteiger partial charge in [-0.3, -0.25) is 19.2 Å². The highest BCUT2D eigenvalue weighted by molar-refractivity contribution is 8.27. The predicted octanol–water partition coefficient (Wildman–Crippen LogP) is 6.31. The van der Waals surface area contributed by atoms with Gasteiger partial charge in [0.1, 0.15) is 11.4 Å². The Morgan fingerprint density at radius 2 is 1.51 bits per heavy atom. The maximum absolute atomic E-state index is 14.1. The fourth-order valence-electron chi connectivity index (χ4n) is 6.28. The number of thiocarbonyl (C=S) groups is 1. The van der Waals surface area contributed by atoms with E-state index in [4.69, 9.17) is 17.3 Å². The molecule has 13 heteroatoms. The quantitative estimate of drug-likeness (QED) is 0.144. The first-order chi connectivity index (χ1) is 23.6. The average Bonchev–Trinajstić information content (AvgIpc) is 3.60. The Bertz CT molecular complexity index is 2270. The molecule has 250 valence electrons. The van der Waals surface area contributed by atoms with Crippen LogP contribution in [0.1, 0.15) is 36.9 Å². The third-order valence-electron chi connectivity index (χ3n) is 8.90. The number of para-hydroxylation sites is 2. The molecule has 5 aromatic rings. The van der Waals surface area contributed by atoms with Crippen molar-refractivity contribution in [1.82, 2.24) is 23.4 Å². The molecule has 0 bridgehead atoms. The number of carbonyl (C=O) groups excluding carboxylic acids is 1. The van der Waals surface area contributed by atoms with Crippen LogP contribution in [0.4, 0.5) is 5.69 Å². The number of thioether (sulfide) groups is 1. The van der Waals surface area contributed by atoms with E-state index in [2.05, 4.69) is 0 Å². The number of amides is 1. The van der Waals surface area contributed by atoms with Crippen molar-refractivity contribution in [2.75, 3.05) is 18.0 Å². The zero-order chi connectivity index (χ0) is 34.3. The SMILES string of the molecule is Cc1c(N2C(=O)/C(=C/c3cn(-c4ccccc4)nc3-c3cccc(S(=O)(=O)N4CCCCCC4)c3)SC2=S)c(=O)n(-c2ccccc2)n1C. The molecule has 2 fully saturated rings. The summed E-state index contributed by atoms with van der Waals surface area (Å²) in [5, 5.41) is 4.88. The van der Waals surface area contributed by atoms with Crippen molar-refractivity contribution in [3.8, 4) is 22.6 Å². The molecule has 0 spiro atoms. The van der Waals surface area contributed by atoms with E-state index < -0.39 is 15.9 Å². The Hall–Kier alpha value is -4.56. The second-order valence-corrected chi connectivity index (χ2v) is 15.6. The number of hydrogen-bond donors (Lipinski definition) is 0. The first kappa shape index (κ1) is 33.0. The van der Waals surface area contributed by atoms with Gasteiger partial charge in [0.2, 0.25) is 10.0 Å². The van der Waals surface area contributed by atoms with Gasteiger partial charge in [0.25, 0.3) is 11.5 Å². The van der Waals surface area contributed by atoms with Gasteiger partial charge >= 0.3 is 0 Å². The maximum atomic E-state index is 14.1. The van der Waals surface area contributed by atoms with Crippen molar-refractivity contribution in [2.24, 2.45) is 7.05 Å². The fraction of sp³-hybridized carbons (Fsp3) is 0.222. The van der Waals surface area contributed by atoms with Gasteiger partial charge < -0.3 is 0 Å². The minimum Gasteiger partial charge on any atom is -0.283 e. The number of anilines is 1. The molecule has 7 rings (SSSR count).